The van der Waals surface area contributed by atoms with Crippen LogP contribution in [0.25, 0.3) is 0 Å². The summed E-state index contributed by atoms with van der Waals surface area (Å²) < 4.78 is 0. The lowest BCUT2D eigenvalue weighted by atomic mass is 10.1. The topological polar surface area (TPSA) is 72.2 Å². The van der Waals surface area contributed by atoms with Crippen LogP contribution in [0.2, 0.25) is 0 Å². The number of carbonyl (C=O) groups excluding carboxylic acids is 1. The van der Waals surface area contributed by atoms with Gasteiger partial charge in [-0.05, 0) is 37.1 Å². The largest absolute Gasteiger partial charge is 0.325 e. The first-order valence-corrected chi connectivity index (χ1v) is 8.23. The lowest BCUT2D eigenvalue weighted by molar-refractivity contribution is -0.384. The molecule has 0 bridgehead atoms. The van der Waals surface area contributed by atoms with Crippen molar-refractivity contribution in [1.82, 2.24) is 0 Å². The smallest absolute Gasteiger partial charge is 0.269 e. The van der Waals surface area contributed by atoms with Crippen LogP contribution in [-0.4, -0.2) is 16.6 Å². The molecule has 0 aliphatic carbocycles. The van der Waals surface area contributed by atoms with E-state index in [-0.39, 0.29) is 22.6 Å². The molecule has 1 atom stereocenters. The summed E-state index contributed by atoms with van der Waals surface area (Å²) in [7, 11) is 0. The number of carbonyl (C=O) groups is 1. The number of thioether (sulfide) groups is 1. The summed E-state index contributed by atoms with van der Waals surface area (Å²) in [6, 6.07) is 14.1. The molecule has 0 heterocycles. The van der Waals surface area contributed by atoms with E-state index in [0.29, 0.717) is 0 Å². The van der Waals surface area contributed by atoms with Gasteiger partial charge in [-0.2, -0.15) is 0 Å². The van der Waals surface area contributed by atoms with Crippen LogP contribution >= 0.6 is 11.8 Å². The highest BCUT2D eigenvalue weighted by atomic mass is 32.2. The Morgan fingerprint density at radius 1 is 1.26 bits per heavy atom. The fourth-order valence-corrected chi connectivity index (χ4v) is 2.92. The molecule has 23 heavy (non-hydrogen) atoms. The molecule has 0 saturated heterocycles. The molecule has 0 unspecified atom stereocenters. The van der Waals surface area contributed by atoms with Gasteiger partial charge in [0.2, 0.25) is 5.91 Å². The summed E-state index contributed by atoms with van der Waals surface area (Å²) in [6.07, 6.45) is 0. The van der Waals surface area contributed by atoms with Crippen molar-refractivity contribution in [3.05, 3.63) is 69.8 Å². The van der Waals surface area contributed by atoms with Crippen molar-refractivity contribution in [3.63, 3.8) is 0 Å². The molecule has 120 valence electrons. The highest BCUT2D eigenvalue weighted by Gasteiger charge is 2.13. The number of aryl methyl sites for hydroxylation is 1. The molecular formula is C17H18N2O3S. The highest BCUT2D eigenvalue weighted by molar-refractivity contribution is 8.00. The van der Waals surface area contributed by atoms with Gasteiger partial charge in [0.15, 0.2) is 0 Å². The summed E-state index contributed by atoms with van der Waals surface area (Å²) in [5.41, 5.74) is 2.77. The minimum Gasteiger partial charge on any atom is -0.325 e. The zero-order valence-electron chi connectivity index (χ0n) is 13.0. The molecule has 0 saturated carbocycles. The maximum absolute atomic E-state index is 12.0. The number of nitrogens with zero attached hydrogens (tertiary/aromatic N) is 1. The second kappa shape index (κ2) is 7.78. The number of anilines is 1. The molecular weight excluding hydrogens is 312 g/mol. The van der Waals surface area contributed by atoms with Crippen molar-refractivity contribution in [1.29, 1.82) is 0 Å². The number of amides is 1. The van der Waals surface area contributed by atoms with Crippen LogP contribution in [0.3, 0.4) is 0 Å². The molecule has 1 N–H and O–H groups in total. The third-order valence-corrected chi connectivity index (χ3v) is 4.52. The van der Waals surface area contributed by atoms with Crippen LogP contribution in [0, 0.1) is 17.0 Å². The number of hydrogen-bond acceptors (Lipinski definition) is 4. The molecule has 2 rings (SSSR count). The van der Waals surface area contributed by atoms with Crippen molar-refractivity contribution in [2.75, 3.05) is 11.1 Å². The third kappa shape index (κ3) is 5.10. The number of hydrogen-bond donors (Lipinski definition) is 1. The maximum Gasteiger partial charge on any atom is 0.269 e. The SMILES string of the molecule is Cc1cccc(NC(=O)CS[C@@H](C)c2cccc([N+](=O)[O-])c2)c1. The first-order valence-electron chi connectivity index (χ1n) is 7.18. The van der Waals surface area contributed by atoms with Crippen LogP contribution in [0.15, 0.2) is 48.5 Å². The standard InChI is InChI=1S/C17H18N2O3S/c1-12-5-3-7-15(9-12)18-17(20)11-23-13(2)14-6-4-8-16(10-14)19(21)22/h3-10,13H,11H2,1-2H3,(H,18,20)/t13-/m0/s1. The second-order valence-corrected chi connectivity index (χ2v) is 6.55. The quantitative estimate of drug-likeness (QED) is 0.632. The zero-order chi connectivity index (χ0) is 16.8. The van der Waals surface area contributed by atoms with Gasteiger partial charge in [-0.15, -0.1) is 11.8 Å². The monoisotopic (exact) mass is 330 g/mol. The molecule has 2 aromatic carbocycles. The fraction of sp³-hybridized carbons (Fsp3) is 0.235. The van der Waals surface area contributed by atoms with Crippen LogP contribution < -0.4 is 5.32 Å². The number of nitro benzene ring substituents is 1. The van der Waals surface area contributed by atoms with E-state index in [1.807, 2.05) is 44.2 Å². The lowest BCUT2D eigenvalue weighted by Gasteiger charge is -2.12. The average molecular weight is 330 g/mol. The van der Waals surface area contributed by atoms with E-state index < -0.39 is 4.92 Å². The highest BCUT2D eigenvalue weighted by Crippen LogP contribution is 2.30. The summed E-state index contributed by atoms with van der Waals surface area (Å²) in [6.45, 7) is 3.90. The predicted molar refractivity (Wildman–Crippen MR) is 93.8 cm³/mol. The van der Waals surface area contributed by atoms with Crippen molar-refractivity contribution < 1.29 is 9.72 Å². The van der Waals surface area contributed by atoms with E-state index >= 15 is 0 Å². The molecule has 6 heteroatoms. The van der Waals surface area contributed by atoms with E-state index in [4.69, 9.17) is 0 Å². The molecule has 0 aromatic heterocycles. The Hall–Kier alpha value is -2.34. The first-order chi connectivity index (χ1) is 11.0. The van der Waals surface area contributed by atoms with Crippen molar-refractivity contribution >= 4 is 29.0 Å². The van der Waals surface area contributed by atoms with E-state index in [9.17, 15) is 14.9 Å². The second-order valence-electron chi connectivity index (χ2n) is 5.22. The van der Waals surface area contributed by atoms with Crippen molar-refractivity contribution in [2.24, 2.45) is 0 Å². The Balaban J connectivity index is 1.91. The summed E-state index contributed by atoms with van der Waals surface area (Å²) >= 11 is 1.45. The molecule has 1 amide bonds. The first kappa shape index (κ1) is 17.0. The fourth-order valence-electron chi connectivity index (χ4n) is 2.11. The molecule has 0 fully saturated rings. The number of nitro groups is 1. The van der Waals surface area contributed by atoms with Gasteiger partial charge in [-0.25, -0.2) is 0 Å². The minimum absolute atomic E-state index is 0.00170. The summed E-state index contributed by atoms with van der Waals surface area (Å²) in [4.78, 5) is 22.4. The number of rotatable bonds is 6. The van der Waals surface area contributed by atoms with Crippen LogP contribution in [0.4, 0.5) is 11.4 Å². The molecule has 0 aliphatic heterocycles. The summed E-state index contributed by atoms with van der Waals surface area (Å²) in [5.74, 6) is 0.204. The number of nitrogens with one attached hydrogen (secondary N) is 1. The Kier molecular flexibility index (Phi) is 5.76. The van der Waals surface area contributed by atoms with E-state index in [2.05, 4.69) is 5.32 Å². The van der Waals surface area contributed by atoms with Gasteiger partial charge in [0, 0.05) is 23.1 Å². The minimum atomic E-state index is -0.411. The maximum atomic E-state index is 12.0. The van der Waals surface area contributed by atoms with Gasteiger partial charge in [0.25, 0.3) is 5.69 Å². The van der Waals surface area contributed by atoms with Gasteiger partial charge in [0.1, 0.15) is 0 Å². The lowest BCUT2D eigenvalue weighted by Crippen LogP contribution is -2.14. The Morgan fingerprint density at radius 2 is 2.00 bits per heavy atom. The average Bonchev–Trinajstić information content (AvgIpc) is 2.52. The molecule has 0 radical (unpaired) electrons. The van der Waals surface area contributed by atoms with Crippen molar-refractivity contribution in [2.45, 2.75) is 19.1 Å². The zero-order valence-corrected chi connectivity index (χ0v) is 13.8. The van der Waals surface area contributed by atoms with Crippen LogP contribution in [0.1, 0.15) is 23.3 Å². The molecule has 5 nitrogen and oxygen atoms in total. The van der Waals surface area contributed by atoms with Gasteiger partial charge in [-0.1, -0.05) is 24.3 Å². The van der Waals surface area contributed by atoms with Crippen LogP contribution in [-0.2, 0) is 4.79 Å². The predicted octanol–water partition coefficient (Wildman–Crippen LogP) is 4.34. The Morgan fingerprint density at radius 3 is 2.70 bits per heavy atom. The summed E-state index contributed by atoms with van der Waals surface area (Å²) in [5, 5.41) is 13.7. The number of non-ortho nitro benzene ring substituents is 1. The Bertz CT molecular complexity index is 718. The van der Waals surface area contributed by atoms with Gasteiger partial charge >= 0.3 is 0 Å². The third-order valence-electron chi connectivity index (χ3n) is 3.32. The van der Waals surface area contributed by atoms with E-state index in [1.165, 1.54) is 17.8 Å². The van der Waals surface area contributed by atoms with Crippen LogP contribution in [0.5, 0.6) is 0 Å². The number of benzene rings is 2. The van der Waals surface area contributed by atoms with E-state index in [1.54, 1.807) is 12.1 Å². The molecule has 0 aliphatic rings. The van der Waals surface area contributed by atoms with Crippen molar-refractivity contribution in [3.8, 4) is 0 Å². The van der Waals surface area contributed by atoms with Gasteiger partial charge < -0.3 is 5.32 Å². The van der Waals surface area contributed by atoms with Gasteiger partial charge in [-0.3, -0.25) is 14.9 Å². The van der Waals surface area contributed by atoms with E-state index in [0.717, 1.165) is 16.8 Å². The van der Waals surface area contributed by atoms with Gasteiger partial charge in [0.05, 0.1) is 10.7 Å². The molecule has 0 spiro atoms. The normalized spacial score (nSPS) is 11.7. The Labute approximate surface area is 139 Å². The molecule has 2 aromatic rings.